The van der Waals surface area contributed by atoms with Crippen LogP contribution >= 0.6 is 11.6 Å². The molecule has 0 spiro atoms. The van der Waals surface area contributed by atoms with Crippen LogP contribution in [0.2, 0.25) is 5.02 Å². The van der Waals surface area contributed by atoms with Gasteiger partial charge in [-0.25, -0.2) is 0 Å². The maximum atomic E-state index is 12.9. The summed E-state index contributed by atoms with van der Waals surface area (Å²) < 4.78 is 44.1. The molecule has 0 bridgehead atoms. The monoisotopic (exact) mass is 379 g/mol. The lowest BCUT2D eigenvalue weighted by atomic mass is 10.1. The van der Waals surface area contributed by atoms with E-state index in [0.29, 0.717) is 5.75 Å². The van der Waals surface area contributed by atoms with Crippen molar-refractivity contribution < 1.29 is 22.7 Å². The zero-order valence-corrected chi connectivity index (χ0v) is 14.1. The van der Waals surface area contributed by atoms with E-state index in [2.05, 4.69) is 5.32 Å². The van der Waals surface area contributed by atoms with Crippen LogP contribution in [0.3, 0.4) is 0 Å². The Morgan fingerprint density at radius 1 is 1.04 bits per heavy atom. The van der Waals surface area contributed by atoms with Crippen molar-refractivity contribution in [2.45, 2.75) is 6.18 Å². The van der Waals surface area contributed by atoms with Gasteiger partial charge in [0.15, 0.2) is 6.61 Å². The minimum atomic E-state index is -4.60. The first-order valence-electron chi connectivity index (χ1n) is 7.62. The number of carbonyl (C=O) groups excluding carboxylic acids is 1. The highest BCUT2D eigenvalue weighted by molar-refractivity contribution is 6.31. The molecule has 26 heavy (non-hydrogen) atoms. The molecule has 0 aliphatic carbocycles. The number of hydrogen-bond donors (Lipinski definition) is 1. The number of amides is 1. The van der Waals surface area contributed by atoms with E-state index in [1.807, 2.05) is 30.3 Å². The van der Waals surface area contributed by atoms with Crippen molar-refractivity contribution in [1.82, 2.24) is 0 Å². The zero-order valence-electron chi connectivity index (χ0n) is 13.3. The smallest absolute Gasteiger partial charge is 0.417 e. The fourth-order valence-electron chi connectivity index (χ4n) is 2.48. The largest absolute Gasteiger partial charge is 0.483 e. The van der Waals surface area contributed by atoms with Gasteiger partial charge in [-0.1, -0.05) is 48.0 Å². The number of alkyl halides is 3. The van der Waals surface area contributed by atoms with Crippen LogP contribution in [-0.4, -0.2) is 12.5 Å². The summed E-state index contributed by atoms with van der Waals surface area (Å²) in [5.41, 5.74) is -1.01. The summed E-state index contributed by atoms with van der Waals surface area (Å²) in [5.74, 6) is -0.0567. The summed E-state index contributed by atoms with van der Waals surface area (Å²) in [6, 6.07) is 16.1. The van der Waals surface area contributed by atoms with Crippen molar-refractivity contribution in [2.24, 2.45) is 0 Å². The molecular weight excluding hydrogens is 367 g/mol. The molecule has 3 aromatic carbocycles. The predicted molar refractivity (Wildman–Crippen MR) is 94.5 cm³/mol. The molecule has 0 atom stereocenters. The second-order valence-corrected chi connectivity index (χ2v) is 5.91. The number of benzene rings is 3. The normalized spacial score (nSPS) is 11.4. The third-order valence-electron chi connectivity index (χ3n) is 3.66. The third kappa shape index (κ3) is 4.08. The van der Waals surface area contributed by atoms with Crippen LogP contribution in [0.5, 0.6) is 5.75 Å². The first-order chi connectivity index (χ1) is 12.3. The van der Waals surface area contributed by atoms with Crippen molar-refractivity contribution in [3.8, 4) is 5.75 Å². The van der Waals surface area contributed by atoms with Gasteiger partial charge in [-0.2, -0.15) is 13.2 Å². The van der Waals surface area contributed by atoms with E-state index in [0.717, 1.165) is 22.9 Å². The Bertz CT molecular complexity index is 952. The Morgan fingerprint density at radius 3 is 2.54 bits per heavy atom. The van der Waals surface area contributed by atoms with Gasteiger partial charge >= 0.3 is 6.18 Å². The first kappa shape index (κ1) is 18.1. The Kier molecular flexibility index (Phi) is 5.04. The molecule has 134 valence electrons. The first-order valence-corrected chi connectivity index (χ1v) is 7.99. The number of hydrogen-bond acceptors (Lipinski definition) is 2. The predicted octanol–water partition coefficient (Wildman–Crippen LogP) is 5.53. The Labute approximate surface area is 152 Å². The molecule has 0 saturated carbocycles. The maximum Gasteiger partial charge on any atom is 0.417 e. The molecule has 0 aromatic heterocycles. The fraction of sp³-hybridized carbons (Fsp3) is 0.105. The molecule has 0 heterocycles. The molecular formula is C19H13ClF3NO2. The highest BCUT2D eigenvalue weighted by Gasteiger charge is 2.33. The van der Waals surface area contributed by atoms with Gasteiger partial charge in [0.25, 0.3) is 5.91 Å². The van der Waals surface area contributed by atoms with Crippen LogP contribution < -0.4 is 10.1 Å². The lowest BCUT2D eigenvalue weighted by molar-refractivity contribution is -0.137. The summed E-state index contributed by atoms with van der Waals surface area (Å²) >= 11 is 5.56. The van der Waals surface area contributed by atoms with Crippen LogP contribution in [-0.2, 0) is 11.0 Å². The van der Waals surface area contributed by atoms with E-state index >= 15 is 0 Å². The second kappa shape index (κ2) is 7.25. The van der Waals surface area contributed by atoms with Gasteiger partial charge in [0.1, 0.15) is 5.75 Å². The molecule has 1 N–H and O–H groups in total. The lowest BCUT2D eigenvalue weighted by Gasteiger charge is -2.12. The second-order valence-electron chi connectivity index (χ2n) is 5.51. The molecule has 0 unspecified atom stereocenters. The minimum Gasteiger partial charge on any atom is -0.483 e. The van der Waals surface area contributed by atoms with Crippen LogP contribution in [0.1, 0.15) is 5.56 Å². The van der Waals surface area contributed by atoms with Crippen molar-refractivity contribution in [1.29, 1.82) is 0 Å². The standard InChI is InChI=1S/C19H13ClF3NO2/c20-16-9-8-13(10-15(16)19(21,22)23)24-18(25)11-26-17-7-3-5-12-4-1-2-6-14(12)17/h1-10H,11H2,(H,24,25). The molecule has 0 saturated heterocycles. The van der Waals surface area contributed by atoms with Crippen LogP contribution in [0, 0.1) is 0 Å². The molecule has 0 radical (unpaired) electrons. The highest BCUT2D eigenvalue weighted by Crippen LogP contribution is 2.36. The van der Waals surface area contributed by atoms with E-state index in [1.165, 1.54) is 6.07 Å². The number of ether oxygens (including phenoxy) is 1. The lowest BCUT2D eigenvalue weighted by Crippen LogP contribution is -2.20. The van der Waals surface area contributed by atoms with Crippen molar-refractivity contribution >= 4 is 34.0 Å². The Balaban J connectivity index is 1.70. The van der Waals surface area contributed by atoms with Gasteiger partial charge in [-0.15, -0.1) is 0 Å². The molecule has 0 aliphatic rings. The highest BCUT2D eigenvalue weighted by atomic mass is 35.5. The van der Waals surface area contributed by atoms with Crippen molar-refractivity contribution in [3.05, 3.63) is 71.2 Å². The molecule has 0 aliphatic heterocycles. The number of carbonyl (C=O) groups is 1. The molecule has 3 rings (SSSR count). The molecule has 1 amide bonds. The van der Waals surface area contributed by atoms with Gasteiger partial charge < -0.3 is 10.1 Å². The van der Waals surface area contributed by atoms with Gasteiger partial charge in [-0.3, -0.25) is 4.79 Å². The summed E-state index contributed by atoms with van der Waals surface area (Å²) in [6.45, 7) is -0.335. The zero-order chi connectivity index (χ0) is 18.7. The fourth-order valence-corrected chi connectivity index (χ4v) is 2.71. The molecule has 7 heteroatoms. The number of halogens is 4. The number of anilines is 1. The maximum absolute atomic E-state index is 12.9. The SMILES string of the molecule is O=C(COc1cccc2ccccc12)Nc1ccc(Cl)c(C(F)(F)F)c1. The van der Waals surface area contributed by atoms with Crippen LogP contribution in [0.4, 0.5) is 18.9 Å². The number of rotatable bonds is 4. The van der Waals surface area contributed by atoms with E-state index < -0.39 is 22.7 Å². The van der Waals surface area contributed by atoms with Crippen molar-refractivity contribution in [2.75, 3.05) is 11.9 Å². The summed E-state index contributed by atoms with van der Waals surface area (Å²) in [7, 11) is 0. The number of fused-ring (bicyclic) bond motifs is 1. The topological polar surface area (TPSA) is 38.3 Å². The quantitative estimate of drug-likeness (QED) is 0.647. The summed E-state index contributed by atoms with van der Waals surface area (Å²) in [4.78, 5) is 12.0. The van der Waals surface area contributed by atoms with Gasteiger partial charge in [-0.05, 0) is 29.7 Å². The van der Waals surface area contributed by atoms with E-state index in [9.17, 15) is 18.0 Å². The van der Waals surface area contributed by atoms with Crippen molar-refractivity contribution in [3.63, 3.8) is 0 Å². The average molecular weight is 380 g/mol. The van der Waals surface area contributed by atoms with Crippen LogP contribution in [0.15, 0.2) is 60.7 Å². The van der Waals surface area contributed by atoms with Gasteiger partial charge in [0.2, 0.25) is 0 Å². The number of nitrogens with one attached hydrogen (secondary N) is 1. The van der Waals surface area contributed by atoms with Crippen LogP contribution in [0.25, 0.3) is 10.8 Å². The van der Waals surface area contributed by atoms with E-state index in [-0.39, 0.29) is 12.3 Å². The van der Waals surface area contributed by atoms with Gasteiger partial charge in [0.05, 0.1) is 10.6 Å². The van der Waals surface area contributed by atoms with E-state index in [4.69, 9.17) is 16.3 Å². The Morgan fingerprint density at radius 2 is 1.77 bits per heavy atom. The average Bonchev–Trinajstić information content (AvgIpc) is 2.60. The summed E-state index contributed by atoms with van der Waals surface area (Å²) in [5, 5.41) is 3.75. The Hall–Kier alpha value is -2.73. The molecule has 3 nitrogen and oxygen atoms in total. The third-order valence-corrected chi connectivity index (χ3v) is 3.99. The molecule has 0 fully saturated rings. The minimum absolute atomic E-state index is 0.00625. The molecule has 3 aromatic rings. The summed E-state index contributed by atoms with van der Waals surface area (Å²) in [6.07, 6.45) is -4.60. The van der Waals surface area contributed by atoms with E-state index in [1.54, 1.807) is 12.1 Å². The van der Waals surface area contributed by atoms with Gasteiger partial charge in [0, 0.05) is 11.1 Å².